The Bertz CT molecular complexity index is 538. The Hall–Kier alpha value is -1.87. The van der Waals surface area contributed by atoms with Gasteiger partial charge in [0.1, 0.15) is 6.29 Å². The Morgan fingerprint density at radius 2 is 2.06 bits per heavy atom. The van der Waals surface area contributed by atoms with Gasteiger partial charge in [0.2, 0.25) is 5.88 Å². The quantitative estimate of drug-likeness (QED) is 0.782. The van der Waals surface area contributed by atoms with E-state index in [1.165, 1.54) is 0 Å². The molecule has 0 aliphatic rings. The first-order valence-corrected chi connectivity index (χ1v) is 5.37. The molecule has 0 radical (unpaired) electrons. The highest BCUT2D eigenvalue weighted by molar-refractivity contribution is 6.31. The molecule has 0 amide bonds. The van der Waals surface area contributed by atoms with Gasteiger partial charge in [0.15, 0.2) is 0 Å². The Labute approximate surface area is 104 Å². The zero-order valence-corrected chi connectivity index (χ0v) is 9.94. The van der Waals surface area contributed by atoms with Crippen molar-refractivity contribution in [2.45, 2.75) is 0 Å². The molecule has 0 aliphatic carbocycles. The second-order valence-corrected chi connectivity index (χ2v) is 3.92. The second-order valence-electron chi connectivity index (χ2n) is 3.48. The highest BCUT2D eigenvalue weighted by Gasteiger charge is 2.03. The van der Waals surface area contributed by atoms with Crippen LogP contribution < -0.4 is 4.74 Å². The molecule has 0 saturated carbocycles. The molecule has 1 heterocycles. The van der Waals surface area contributed by atoms with E-state index in [4.69, 9.17) is 16.3 Å². The molecule has 0 bridgehead atoms. The van der Waals surface area contributed by atoms with Crippen LogP contribution in [0.15, 0.2) is 36.5 Å². The van der Waals surface area contributed by atoms with Crippen LogP contribution in [0.25, 0.3) is 11.1 Å². The number of nitrogens with zero attached hydrogens (tertiary/aromatic N) is 1. The van der Waals surface area contributed by atoms with Crippen molar-refractivity contribution >= 4 is 17.9 Å². The SMILES string of the molecule is COc1ccc(-c2cc(Cl)cc(C=O)c2)cn1. The number of hydrogen-bond acceptors (Lipinski definition) is 3. The van der Waals surface area contributed by atoms with Gasteiger partial charge in [-0.15, -0.1) is 0 Å². The summed E-state index contributed by atoms with van der Waals surface area (Å²) in [6, 6.07) is 8.80. The molecule has 86 valence electrons. The molecule has 0 aliphatic heterocycles. The molecule has 1 aromatic heterocycles. The van der Waals surface area contributed by atoms with Crippen LogP contribution >= 0.6 is 11.6 Å². The Balaban J connectivity index is 2.44. The molecule has 0 spiro atoms. The van der Waals surface area contributed by atoms with Gasteiger partial charge in [0.05, 0.1) is 7.11 Å². The van der Waals surface area contributed by atoms with Crippen LogP contribution in [-0.4, -0.2) is 18.4 Å². The third-order valence-electron chi connectivity index (χ3n) is 2.34. The lowest BCUT2D eigenvalue weighted by molar-refractivity contribution is 0.112. The van der Waals surface area contributed by atoms with Crippen molar-refractivity contribution in [2.24, 2.45) is 0 Å². The number of ether oxygens (including phenoxy) is 1. The fraction of sp³-hybridized carbons (Fsp3) is 0.0769. The summed E-state index contributed by atoms with van der Waals surface area (Å²) in [7, 11) is 1.56. The van der Waals surface area contributed by atoms with Crippen molar-refractivity contribution in [1.82, 2.24) is 4.98 Å². The molecule has 17 heavy (non-hydrogen) atoms. The summed E-state index contributed by atoms with van der Waals surface area (Å²) in [6.07, 6.45) is 2.45. The summed E-state index contributed by atoms with van der Waals surface area (Å²) in [5, 5.41) is 0.528. The predicted octanol–water partition coefficient (Wildman–Crippen LogP) is 3.22. The number of carbonyl (C=O) groups excluding carboxylic acids is 1. The van der Waals surface area contributed by atoms with E-state index in [0.29, 0.717) is 16.5 Å². The molecular weight excluding hydrogens is 238 g/mol. The lowest BCUT2D eigenvalue weighted by Crippen LogP contribution is -1.88. The fourth-order valence-electron chi connectivity index (χ4n) is 1.52. The predicted molar refractivity (Wildman–Crippen MR) is 66.6 cm³/mol. The number of rotatable bonds is 3. The van der Waals surface area contributed by atoms with Crippen LogP contribution in [0.2, 0.25) is 5.02 Å². The summed E-state index contributed by atoms with van der Waals surface area (Å²) >= 11 is 5.93. The first kappa shape index (κ1) is 11.6. The average Bonchev–Trinajstić information content (AvgIpc) is 2.38. The lowest BCUT2D eigenvalue weighted by Gasteiger charge is -2.04. The van der Waals surface area contributed by atoms with Gasteiger partial charge in [-0.2, -0.15) is 0 Å². The molecule has 2 aromatic rings. The number of methoxy groups -OCH3 is 1. The zero-order chi connectivity index (χ0) is 12.3. The van der Waals surface area contributed by atoms with E-state index in [-0.39, 0.29) is 0 Å². The van der Waals surface area contributed by atoms with E-state index in [0.717, 1.165) is 17.4 Å². The third-order valence-corrected chi connectivity index (χ3v) is 2.55. The normalized spacial score (nSPS) is 10.0. The van der Waals surface area contributed by atoms with Gasteiger partial charge < -0.3 is 4.74 Å². The average molecular weight is 248 g/mol. The van der Waals surface area contributed by atoms with Gasteiger partial charge in [-0.05, 0) is 29.8 Å². The van der Waals surface area contributed by atoms with Crippen molar-refractivity contribution in [3.63, 3.8) is 0 Å². The molecule has 0 saturated heterocycles. The van der Waals surface area contributed by atoms with Crippen molar-refractivity contribution in [3.8, 4) is 17.0 Å². The number of pyridine rings is 1. The van der Waals surface area contributed by atoms with Crippen LogP contribution in [0.4, 0.5) is 0 Å². The summed E-state index contributed by atoms with van der Waals surface area (Å²) in [5.41, 5.74) is 2.29. The molecule has 0 N–H and O–H groups in total. The summed E-state index contributed by atoms with van der Waals surface area (Å²) in [6.45, 7) is 0. The van der Waals surface area contributed by atoms with E-state index < -0.39 is 0 Å². The molecule has 2 rings (SSSR count). The molecule has 1 aromatic carbocycles. The number of carbonyl (C=O) groups is 1. The summed E-state index contributed by atoms with van der Waals surface area (Å²) in [5.74, 6) is 0.548. The van der Waals surface area contributed by atoms with Gasteiger partial charge in [-0.25, -0.2) is 4.98 Å². The smallest absolute Gasteiger partial charge is 0.212 e. The van der Waals surface area contributed by atoms with Crippen LogP contribution in [0.5, 0.6) is 5.88 Å². The second kappa shape index (κ2) is 4.97. The molecule has 0 fully saturated rings. The number of aldehydes is 1. The number of hydrogen-bond donors (Lipinski definition) is 0. The van der Waals surface area contributed by atoms with Crippen LogP contribution in [0.1, 0.15) is 10.4 Å². The zero-order valence-electron chi connectivity index (χ0n) is 9.18. The maximum Gasteiger partial charge on any atom is 0.212 e. The molecule has 4 heteroatoms. The minimum atomic E-state index is 0.528. The van der Waals surface area contributed by atoms with Gasteiger partial charge in [-0.3, -0.25) is 4.79 Å². The summed E-state index contributed by atoms with van der Waals surface area (Å²) in [4.78, 5) is 14.9. The van der Waals surface area contributed by atoms with Gasteiger partial charge >= 0.3 is 0 Å². The van der Waals surface area contributed by atoms with Crippen LogP contribution in [0, 0.1) is 0 Å². The minimum absolute atomic E-state index is 0.528. The third kappa shape index (κ3) is 2.63. The van der Waals surface area contributed by atoms with Crippen LogP contribution in [-0.2, 0) is 0 Å². The Morgan fingerprint density at radius 1 is 1.24 bits per heavy atom. The van der Waals surface area contributed by atoms with E-state index >= 15 is 0 Å². The maximum atomic E-state index is 10.7. The largest absolute Gasteiger partial charge is 0.481 e. The van der Waals surface area contributed by atoms with Gasteiger partial charge in [-0.1, -0.05) is 11.6 Å². The lowest BCUT2D eigenvalue weighted by atomic mass is 10.1. The number of benzene rings is 1. The van der Waals surface area contributed by atoms with Crippen molar-refractivity contribution in [2.75, 3.05) is 7.11 Å². The van der Waals surface area contributed by atoms with Crippen molar-refractivity contribution in [3.05, 3.63) is 47.1 Å². The van der Waals surface area contributed by atoms with E-state index in [2.05, 4.69) is 4.98 Å². The molecule has 0 atom stereocenters. The number of halogens is 1. The summed E-state index contributed by atoms with van der Waals surface area (Å²) < 4.78 is 4.98. The number of aromatic nitrogens is 1. The van der Waals surface area contributed by atoms with E-state index in [9.17, 15) is 4.79 Å². The van der Waals surface area contributed by atoms with Crippen molar-refractivity contribution < 1.29 is 9.53 Å². The Kier molecular flexibility index (Phi) is 3.40. The maximum absolute atomic E-state index is 10.7. The molecule has 0 unspecified atom stereocenters. The van der Waals surface area contributed by atoms with E-state index in [1.54, 1.807) is 37.6 Å². The first-order chi connectivity index (χ1) is 8.22. The highest BCUT2D eigenvalue weighted by atomic mass is 35.5. The fourth-order valence-corrected chi connectivity index (χ4v) is 1.76. The van der Waals surface area contributed by atoms with Crippen LogP contribution in [0.3, 0.4) is 0 Å². The minimum Gasteiger partial charge on any atom is -0.481 e. The van der Waals surface area contributed by atoms with Gasteiger partial charge in [0.25, 0.3) is 0 Å². The molecular formula is C13H10ClNO2. The monoisotopic (exact) mass is 247 g/mol. The molecule has 3 nitrogen and oxygen atoms in total. The Morgan fingerprint density at radius 3 is 2.65 bits per heavy atom. The standard InChI is InChI=1S/C13H10ClNO2/c1-17-13-3-2-10(7-15-13)11-4-9(8-16)5-12(14)6-11/h2-8H,1H3. The van der Waals surface area contributed by atoms with Gasteiger partial charge in [0, 0.05) is 28.4 Å². The topological polar surface area (TPSA) is 39.2 Å². The first-order valence-electron chi connectivity index (χ1n) is 4.99. The van der Waals surface area contributed by atoms with Crippen molar-refractivity contribution in [1.29, 1.82) is 0 Å². The highest BCUT2D eigenvalue weighted by Crippen LogP contribution is 2.24. The van der Waals surface area contributed by atoms with E-state index in [1.807, 2.05) is 6.07 Å².